The summed E-state index contributed by atoms with van der Waals surface area (Å²) < 4.78 is 1.17. The van der Waals surface area contributed by atoms with Crippen LogP contribution in [-0.2, 0) is 11.2 Å². The maximum atomic E-state index is 10.6. The normalized spacial score (nSPS) is 11.7. The molecule has 0 aliphatic rings. The van der Waals surface area contributed by atoms with Crippen molar-refractivity contribution in [3.05, 3.63) is 35.2 Å². The molecule has 3 N–H and O–H groups in total. The quantitative estimate of drug-likeness (QED) is 0.881. The molecule has 1 unspecified atom stereocenters. The molecule has 1 aromatic heterocycles. The number of rotatable bonds is 3. The summed E-state index contributed by atoms with van der Waals surface area (Å²) in [6.07, 6.45) is 0.388. The Kier molecular flexibility index (Phi) is 5.12. The molecule has 92 valence electrons. The van der Waals surface area contributed by atoms with E-state index in [-0.39, 0.29) is 0 Å². The molecule has 0 bridgehead atoms. The van der Waals surface area contributed by atoms with Crippen LogP contribution in [0.3, 0.4) is 0 Å². The van der Waals surface area contributed by atoms with E-state index < -0.39 is 12.0 Å². The van der Waals surface area contributed by atoms with E-state index in [2.05, 4.69) is 0 Å². The van der Waals surface area contributed by atoms with Crippen LogP contribution < -0.4 is 5.73 Å². The summed E-state index contributed by atoms with van der Waals surface area (Å²) in [5, 5.41) is 11.8. The Labute approximate surface area is 105 Å². The third-order valence-electron chi connectivity index (χ3n) is 2.32. The molecule has 0 spiro atoms. The fourth-order valence-electron chi connectivity index (χ4n) is 1.52. The molecular formula is C13H17NO2S. The standard InChI is InChI=1S/C11H11NO2S.C2H6/c12-9(11(13)14)5-7-6-15-10-4-2-1-3-8(7)10;1-2/h1-4,6,9H,5,12H2,(H,13,14);1-2H3. The van der Waals surface area contributed by atoms with Gasteiger partial charge < -0.3 is 10.8 Å². The van der Waals surface area contributed by atoms with Gasteiger partial charge in [-0.2, -0.15) is 0 Å². The van der Waals surface area contributed by atoms with Gasteiger partial charge in [-0.15, -0.1) is 11.3 Å². The van der Waals surface area contributed by atoms with Gasteiger partial charge in [-0.1, -0.05) is 32.0 Å². The van der Waals surface area contributed by atoms with Crippen molar-refractivity contribution in [2.75, 3.05) is 0 Å². The van der Waals surface area contributed by atoms with Gasteiger partial charge in [0, 0.05) is 4.70 Å². The number of carboxylic acid groups (broad SMARTS) is 1. The van der Waals surface area contributed by atoms with Crippen LogP contribution in [0.15, 0.2) is 29.6 Å². The van der Waals surface area contributed by atoms with Crippen molar-refractivity contribution in [1.29, 1.82) is 0 Å². The molecular weight excluding hydrogens is 234 g/mol. The lowest BCUT2D eigenvalue weighted by atomic mass is 10.1. The molecule has 0 amide bonds. The number of carbonyl (C=O) groups is 1. The first-order chi connectivity index (χ1) is 8.18. The van der Waals surface area contributed by atoms with Crippen molar-refractivity contribution in [2.24, 2.45) is 5.73 Å². The predicted molar refractivity (Wildman–Crippen MR) is 72.5 cm³/mol. The number of benzene rings is 1. The zero-order valence-corrected chi connectivity index (χ0v) is 10.8. The van der Waals surface area contributed by atoms with Gasteiger partial charge in [0.05, 0.1) is 0 Å². The Morgan fingerprint density at radius 1 is 1.41 bits per heavy atom. The number of thiophene rings is 1. The Bertz CT molecular complexity index is 493. The minimum Gasteiger partial charge on any atom is -0.480 e. The number of hydrogen-bond donors (Lipinski definition) is 2. The third-order valence-corrected chi connectivity index (χ3v) is 3.33. The topological polar surface area (TPSA) is 63.3 Å². The van der Waals surface area contributed by atoms with Crippen molar-refractivity contribution in [1.82, 2.24) is 0 Å². The first kappa shape index (κ1) is 13.7. The van der Waals surface area contributed by atoms with Crippen LogP contribution in [0.4, 0.5) is 0 Å². The minimum atomic E-state index is -0.953. The van der Waals surface area contributed by atoms with E-state index in [9.17, 15) is 4.79 Å². The van der Waals surface area contributed by atoms with Crippen LogP contribution in [-0.4, -0.2) is 17.1 Å². The molecule has 1 aromatic carbocycles. The zero-order valence-electron chi connectivity index (χ0n) is 10.0. The Morgan fingerprint density at radius 3 is 2.71 bits per heavy atom. The van der Waals surface area contributed by atoms with E-state index >= 15 is 0 Å². The molecule has 0 aliphatic heterocycles. The SMILES string of the molecule is CC.NC(Cc1csc2ccccc12)C(=O)O. The summed E-state index contributed by atoms with van der Waals surface area (Å²) in [5.41, 5.74) is 6.52. The highest BCUT2D eigenvalue weighted by Gasteiger charge is 2.14. The maximum Gasteiger partial charge on any atom is 0.320 e. The average Bonchev–Trinajstić information content (AvgIpc) is 2.75. The summed E-state index contributed by atoms with van der Waals surface area (Å²) >= 11 is 1.62. The summed E-state index contributed by atoms with van der Waals surface area (Å²) in [6.45, 7) is 4.00. The third kappa shape index (κ3) is 3.28. The molecule has 0 saturated carbocycles. The van der Waals surface area contributed by atoms with Crippen LogP contribution in [0.5, 0.6) is 0 Å². The van der Waals surface area contributed by atoms with Crippen molar-refractivity contribution >= 4 is 27.4 Å². The summed E-state index contributed by atoms with van der Waals surface area (Å²) in [6, 6.07) is 7.12. The van der Waals surface area contributed by atoms with Gasteiger partial charge in [-0.05, 0) is 28.8 Å². The molecule has 2 aromatic rings. The number of hydrogen-bond acceptors (Lipinski definition) is 3. The van der Waals surface area contributed by atoms with Crippen LogP contribution in [0, 0.1) is 0 Å². The Morgan fingerprint density at radius 2 is 2.06 bits per heavy atom. The summed E-state index contributed by atoms with van der Waals surface area (Å²) in [4.78, 5) is 10.6. The van der Waals surface area contributed by atoms with E-state index in [0.29, 0.717) is 6.42 Å². The second-order valence-corrected chi connectivity index (χ2v) is 4.32. The van der Waals surface area contributed by atoms with Gasteiger partial charge in [-0.3, -0.25) is 4.79 Å². The van der Waals surface area contributed by atoms with E-state index in [1.807, 2.05) is 43.5 Å². The van der Waals surface area contributed by atoms with Gasteiger partial charge in [0.25, 0.3) is 0 Å². The predicted octanol–water partition coefficient (Wildman–Crippen LogP) is 2.88. The van der Waals surface area contributed by atoms with Crippen LogP contribution in [0.1, 0.15) is 19.4 Å². The van der Waals surface area contributed by atoms with Crippen molar-refractivity contribution in [3.63, 3.8) is 0 Å². The van der Waals surface area contributed by atoms with Gasteiger partial charge in [0.2, 0.25) is 0 Å². The number of aliphatic carboxylic acids is 1. The van der Waals surface area contributed by atoms with Crippen molar-refractivity contribution in [2.45, 2.75) is 26.3 Å². The van der Waals surface area contributed by atoms with Crippen molar-refractivity contribution in [3.8, 4) is 0 Å². The van der Waals surface area contributed by atoms with Gasteiger partial charge >= 0.3 is 5.97 Å². The first-order valence-corrected chi connectivity index (χ1v) is 6.50. The maximum absolute atomic E-state index is 10.6. The number of nitrogens with two attached hydrogens (primary N) is 1. The molecule has 2 rings (SSSR count). The summed E-state index contributed by atoms with van der Waals surface area (Å²) in [5.74, 6) is -0.953. The molecule has 0 fully saturated rings. The first-order valence-electron chi connectivity index (χ1n) is 5.62. The highest BCUT2D eigenvalue weighted by Crippen LogP contribution is 2.26. The molecule has 1 heterocycles. The molecule has 0 radical (unpaired) electrons. The van der Waals surface area contributed by atoms with Crippen LogP contribution in [0.2, 0.25) is 0 Å². The minimum absolute atomic E-state index is 0.388. The molecule has 3 nitrogen and oxygen atoms in total. The highest BCUT2D eigenvalue weighted by atomic mass is 32.1. The second kappa shape index (κ2) is 6.37. The molecule has 17 heavy (non-hydrogen) atoms. The monoisotopic (exact) mass is 251 g/mol. The fourth-order valence-corrected chi connectivity index (χ4v) is 2.49. The van der Waals surface area contributed by atoms with E-state index in [4.69, 9.17) is 10.8 Å². The molecule has 0 saturated heterocycles. The average molecular weight is 251 g/mol. The highest BCUT2D eigenvalue weighted by molar-refractivity contribution is 7.17. The van der Waals surface area contributed by atoms with E-state index in [1.165, 1.54) is 4.70 Å². The van der Waals surface area contributed by atoms with Crippen LogP contribution >= 0.6 is 11.3 Å². The van der Waals surface area contributed by atoms with Gasteiger partial charge in [0.1, 0.15) is 6.04 Å². The molecule has 0 aliphatic carbocycles. The number of fused-ring (bicyclic) bond motifs is 1. The van der Waals surface area contributed by atoms with Crippen molar-refractivity contribution < 1.29 is 9.90 Å². The molecule has 1 atom stereocenters. The van der Waals surface area contributed by atoms with E-state index in [1.54, 1.807) is 11.3 Å². The van der Waals surface area contributed by atoms with E-state index in [0.717, 1.165) is 10.9 Å². The number of carboxylic acids is 1. The lowest BCUT2D eigenvalue weighted by Gasteiger charge is -2.04. The molecule has 4 heteroatoms. The Hall–Kier alpha value is -1.39. The van der Waals surface area contributed by atoms with Gasteiger partial charge in [0.15, 0.2) is 0 Å². The van der Waals surface area contributed by atoms with Gasteiger partial charge in [-0.25, -0.2) is 0 Å². The largest absolute Gasteiger partial charge is 0.480 e. The lowest BCUT2D eigenvalue weighted by molar-refractivity contribution is -0.138. The fraction of sp³-hybridized carbons (Fsp3) is 0.308. The Balaban J connectivity index is 0.000000686. The second-order valence-electron chi connectivity index (χ2n) is 3.41. The summed E-state index contributed by atoms with van der Waals surface area (Å²) in [7, 11) is 0. The smallest absolute Gasteiger partial charge is 0.320 e. The van der Waals surface area contributed by atoms with Crippen LogP contribution in [0.25, 0.3) is 10.1 Å². The zero-order chi connectivity index (χ0) is 12.8. The lowest BCUT2D eigenvalue weighted by Crippen LogP contribution is -2.32.